The summed E-state index contributed by atoms with van der Waals surface area (Å²) >= 11 is 9.91. The lowest BCUT2D eigenvalue weighted by Crippen LogP contribution is -2.29. The van der Waals surface area contributed by atoms with Crippen LogP contribution in [0.3, 0.4) is 0 Å². The highest BCUT2D eigenvalue weighted by Crippen LogP contribution is 2.41. The number of allylic oxidation sites excluding steroid dienone is 1. The third-order valence-electron chi connectivity index (χ3n) is 5.59. The molecule has 2 aromatic heterocycles. The fourth-order valence-electron chi connectivity index (χ4n) is 4.24. The molecule has 3 aliphatic heterocycles. The van der Waals surface area contributed by atoms with Gasteiger partial charge in [0.05, 0.1) is 10.3 Å². The van der Waals surface area contributed by atoms with Crippen molar-refractivity contribution in [1.29, 1.82) is 0 Å². The van der Waals surface area contributed by atoms with E-state index in [4.69, 9.17) is 34.4 Å². The SMILES string of the molecule is S=C=N[C@H]1c2ccc([nH]2)C=C2CCC(=N2)C=c2ccc([nH]2)=CC2=N[C@]1(N=C=S)CC2. The standard InChI is InChI=1S/C22H18N6S2/c29-12-23-21-20-6-5-18(27-20)10-16-2-1-14(25-16)9-15-3-4-17(26-15)11-19-7-8-22(21,28-19)24-13-30/h3-6,9-11,21,26-27H,1-2,7-8H2/t21-,22+/m0/s1. The first-order valence-corrected chi connectivity index (χ1v) is 10.6. The maximum atomic E-state index is 4.96. The quantitative estimate of drug-likeness (QED) is 0.566. The molecule has 8 bridgehead atoms. The molecule has 0 radical (unpaired) electrons. The van der Waals surface area contributed by atoms with Crippen LogP contribution in [0.4, 0.5) is 0 Å². The van der Waals surface area contributed by atoms with E-state index in [9.17, 15) is 0 Å². The predicted molar refractivity (Wildman–Crippen MR) is 127 cm³/mol. The van der Waals surface area contributed by atoms with Crippen molar-refractivity contribution in [2.75, 3.05) is 0 Å². The lowest BCUT2D eigenvalue weighted by molar-refractivity contribution is 0.368. The molecule has 0 saturated heterocycles. The summed E-state index contributed by atoms with van der Waals surface area (Å²) in [6.07, 6.45) is 9.47. The van der Waals surface area contributed by atoms with Gasteiger partial charge >= 0.3 is 0 Å². The minimum atomic E-state index is -0.883. The second-order valence-corrected chi connectivity index (χ2v) is 7.94. The molecule has 5 rings (SSSR count). The fraction of sp³-hybridized carbons (Fsp3) is 0.273. The fourth-order valence-corrected chi connectivity index (χ4v) is 4.51. The minimum Gasteiger partial charge on any atom is -0.357 e. The Morgan fingerprint density at radius 3 is 2.57 bits per heavy atom. The van der Waals surface area contributed by atoms with Crippen LogP contribution in [0.25, 0.3) is 18.2 Å². The summed E-state index contributed by atoms with van der Waals surface area (Å²) in [5.74, 6) is 0. The number of aromatic nitrogens is 2. The van der Waals surface area contributed by atoms with Crippen LogP contribution >= 0.6 is 24.4 Å². The molecule has 0 saturated carbocycles. The van der Waals surface area contributed by atoms with Crippen molar-refractivity contribution in [3.8, 4) is 0 Å². The van der Waals surface area contributed by atoms with E-state index in [1.54, 1.807) is 0 Å². The van der Waals surface area contributed by atoms with Gasteiger partial charge in [0, 0.05) is 45.6 Å². The number of aliphatic imine (C=N–C) groups is 4. The minimum absolute atomic E-state index is 0.452. The largest absolute Gasteiger partial charge is 0.357 e. The van der Waals surface area contributed by atoms with Crippen LogP contribution in [0.5, 0.6) is 0 Å². The normalized spacial score (nSPS) is 24.4. The maximum Gasteiger partial charge on any atom is 0.189 e. The summed E-state index contributed by atoms with van der Waals surface area (Å²) in [5, 5.41) is 7.07. The summed E-state index contributed by atoms with van der Waals surface area (Å²) in [7, 11) is 0. The molecule has 2 N–H and O–H groups in total. The number of hydrogen-bond donors (Lipinski definition) is 2. The number of rotatable bonds is 2. The zero-order valence-corrected chi connectivity index (χ0v) is 17.7. The molecule has 2 atom stereocenters. The molecule has 6 nitrogen and oxygen atoms in total. The number of thiocarbonyl (C=S) groups is 2. The van der Waals surface area contributed by atoms with Crippen LogP contribution in [0.2, 0.25) is 0 Å². The lowest BCUT2D eigenvalue weighted by atomic mass is 9.96. The first kappa shape index (κ1) is 19.0. The molecule has 0 fully saturated rings. The molecule has 0 aliphatic carbocycles. The van der Waals surface area contributed by atoms with Gasteiger partial charge in [-0.1, -0.05) is 0 Å². The topological polar surface area (TPSA) is 81.0 Å². The van der Waals surface area contributed by atoms with E-state index < -0.39 is 11.7 Å². The van der Waals surface area contributed by atoms with E-state index in [2.05, 4.69) is 48.5 Å². The number of hydrogen-bond acceptors (Lipinski definition) is 6. The Balaban J connectivity index is 1.75. The second kappa shape index (κ2) is 7.67. The zero-order chi connectivity index (χ0) is 20.6. The first-order chi connectivity index (χ1) is 14.7. The van der Waals surface area contributed by atoms with Gasteiger partial charge in [0.25, 0.3) is 0 Å². The van der Waals surface area contributed by atoms with E-state index >= 15 is 0 Å². The van der Waals surface area contributed by atoms with Crippen molar-refractivity contribution in [2.45, 2.75) is 37.4 Å². The summed E-state index contributed by atoms with van der Waals surface area (Å²) in [6.45, 7) is 0. The summed E-state index contributed by atoms with van der Waals surface area (Å²) in [5.41, 5.74) is 3.99. The van der Waals surface area contributed by atoms with E-state index in [1.165, 1.54) is 0 Å². The Kier molecular flexibility index (Phi) is 4.85. The highest BCUT2D eigenvalue weighted by atomic mass is 32.1. The van der Waals surface area contributed by atoms with Crippen molar-refractivity contribution in [1.82, 2.24) is 9.97 Å². The van der Waals surface area contributed by atoms with E-state index in [0.717, 1.165) is 58.5 Å². The number of fused-ring (bicyclic) bond motifs is 6. The molecule has 8 heteroatoms. The van der Waals surface area contributed by atoms with Crippen molar-refractivity contribution < 1.29 is 0 Å². The average molecular weight is 431 g/mol. The molecule has 0 unspecified atom stereocenters. The molecule has 30 heavy (non-hydrogen) atoms. The Labute approximate surface area is 183 Å². The average Bonchev–Trinajstić information content (AvgIpc) is 3.51. The van der Waals surface area contributed by atoms with E-state index in [1.807, 2.05) is 24.3 Å². The Hall–Kier alpha value is -3.02. The Morgan fingerprint density at radius 2 is 1.77 bits per heavy atom. The third kappa shape index (κ3) is 3.51. The maximum absolute atomic E-state index is 4.96. The van der Waals surface area contributed by atoms with Crippen molar-refractivity contribution >= 4 is 64.4 Å². The molecule has 2 aromatic rings. The van der Waals surface area contributed by atoms with Gasteiger partial charge in [0.15, 0.2) is 5.66 Å². The highest BCUT2D eigenvalue weighted by Gasteiger charge is 2.43. The number of H-pyrrole nitrogens is 2. The van der Waals surface area contributed by atoms with E-state index in [0.29, 0.717) is 6.42 Å². The highest BCUT2D eigenvalue weighted by molar-refractivity contribution is 7.78. The molecule has 148 valence electrons. The van der Waals surface area contributed by atoms with Crippen LogP contribution in [-0.4, -0.2) is 37.4 Å². The number of aromatic amines is 2. The molecule has 0 amide bonds. The third-order valence-corrected chi connectivity index (χ3v) is 5.79. The van der Waals surface area contributed by atoms with Crippen LogP contribution < -0.4 is 10.7 Å². The van der Waals surface area contributed by atoms with Crippen molar-refractivity contribution in [2.24, 2.45) is 20.0 Å². The molecule has 0 aromatic carbocycles. The first-order valence-electron chi connectivity index (χ1n) is 9.78. The lowest BCUT2D eigenvalue weighted by Gasteiger charge is -2.25. The van der Waals surface area contributed by atoms with Gasteiger partial charge in [-0.2, -0.15) is 4.99 Å². The smallest absolute Gasteiger partial charge is 0.189 e. The number of isothiocyanates is 2. The van der Waals surface area contributed by atoms with Gasteiger partial charge < -0.3 is 9.97 Å². The van der Waals surface area contributed by atoms with Crippen LogP contribution in [-0.2, 0) is 0 Å². The van der Waals surface area contributed by atoms with Gasteiger partial charge in [-0.3, -0.25) is 9.98 Å². The number of nitrogens with one attached hydrogen (secondary N) is 2. The summed E-state index contributed by atoms with van der Waals surface area (Å²) in [4.78, 5) is 25.5. The summed E-state index contributed by atoms with van der Waals surface area (Å²) < 4.78 is 0. The van der Waals surface area contributed by atoms with Gasteiger partial charge in [-0.25, -0.2) is 4.99 Å². The molecular formula is C22H18N6S2. The van der Waals surface area contributed by atoms with Gasteiger partial charge in [0.2, 0.25) is 0 Å². The molecular weight excluding hydrogens is 412 g/mol. The monoisotopic (exact) mass is 430 g/mol. The van der Waals surface area contributed by atoms with Crippen LogP contribution in [0.1, 0.15) is 43.1 Å². The van der Waals surface area contributed by atoms with E-state index in [-0.39, 0.29) is 0 Å². The Bertz CT molecular complexity index is 1330. The van der Waals surface area contributed by atoms with Crippen LogP contribution in [0.15, 0.2) is 49.9 Å². The van der Waals surface area contributed by atoms with Crippen molar-refractivity contribution in [3.05, 3.63) is 52.0 Å². The molecule has 3 aliphatic rings. The van der Waals surface area contributed by atoms with Gasteiger partial charge in [-0.15, -0.1) is 0 Å². The van der Waals surface area contributed by atoms with Gasteiger partial charge in [-0.05, 0) is 86.2 Å². The second-order valence-electron chi connectivity index (χ2n) is 7.57. The predicted octanol–water partition coefficient (Wildman–Crippen LogP) is 3.37. The van der Waals surface area contributed by atoms with Crippen LogP contribution in [0, 0.1) is 0 Å². The Morgan fingerprint density at radius 1 is 0.933 bits per heavy atom. The number of nitrogens with zero attached hydrogens (tertiary/aromatic N) is 4. The van der Waals surface area contributed by atoms with Crippen molar-refractivity contribution in [3.63, 3.8) is 0 Å². The summed E-state index contributed by atoms with van der Waals surface area (Å²) in [6, 6.07) is 7.66. The zero-order valence-electron chi connectivity index (χ0n) is 16.1. The molecule has 5 heterocycles. The molecule has 0 spiro atoms. The van der Waals surface area contributed by atoms with Gasteiger partial charge in [0.1, 0.15) is 6.04 Å².